The lowest BCUT2D eigenvalue weighted by atomic mass is 10.1. The third-order valence-electron chi connectivity index (χ3n) is 3.83. The molecule has 2 rings (SSSR count). The predicted molar refractivity (Wildman–Crippen MR) is 84.7 cm³/mol. The van der Waals surface area contributed by atoms with E-state index in [1.54, 1.807) is 0 Å². The Morgan fingerprint density at radius 3 is 2.35 bits per heavy atom. The van der Waals surface area contributed by atoms with Gasteiger partial charge in [0, 0.05) is 24.5 Å². The number of hydrogen-bond donors (Lipinski definition) is 2. The molecule has 4 nitrogen and oxygen atoms in total. The fourth-order valence-corrected chi connectivity index (χ4v) is 2.58. The SMILES string of the molecule is CC(Nc1ccc(N2CCCCC2)cc1)C(=O)NCC(F)(F)F. The van der Waals surface area contributed by atoms with Crippen molar-refractivity contribution >= 4 is 17.3 Å². The van der Waals surface area contributed by atoms with Crippen LogP contribution in [0.4, 0.5) is 24.5 Å². The van der Waals surface area contributed by atoms with Crippen LogP contribution in [0.1, 0.15) is 26.2 Å². The van der Waals surface area contributed by atoms with Crippen molar-refractivity contribution in [3.05, 3.63) is 24.3 Å². The highest BCUT2D eigenvalue weighted by molar-refractivity contribution is 5.84. The first-order chi connectivity index (χ1) is 10.8. The van der Waals surface area contributed by atoms with E-state index >= 15 is 0 Å². The van der Waals surface area contributed by atoms with E-state index in [4.69, 9.17) is 0 Å². The predicted octanol–water partition coefficient (Wildman–Crippen LogP) is 3.16. The quantitative estimate of drug-likeness (QED) is 0.872. The van der Waals surface area contributed by atoms with Gasteiger partial charge in [0.25, 0.3) is 0 Å². The number of piperidine rings is 1. The molecule has 0 aliphatic carbocycles. The van der Waals surface area contributed by atoms with E-state index < -0.39 is 24.7 Å². The summed E-state index contributed by atoms with van der Waals surface area (Å²) in [6, 6.07) is 6.88. The number of nitrogens with one attached hydrogen (secondary N) is 2. The van der Waals surface area contributed by atoms with E-state index in [0.29, 0.717) is 5.69 Å². The maximum absolute atomic E-state index is 12.1. The molecule has 1 unspecified atom stereocenters. The number of anilines is 2. The maximum atomic E-state index is 12.1. The van der Waals surface area contributed by atoms with Gasteiger partial charge in [-0.15, -0.1) is 0 Å². The van der Waals surface area contributed by atoms with Gasteiger partial charge >= 0.3 is 6.18 Å². The lowest BCUT2D eigenvalue weighted by Gasteiger charge is -2.29. The van der Waals surface area contributed by atoms with Gasteiger partial charge in [-0.05, 0) is 50.5 Å². The fraction of sp³-hybridized carbons (Fsp3) is 0.562. The summed E-state index contributed by atoms with van der Waals surface area (Å²) in [6.07, 6.45) is -0.751. The minimum atomic E-state index is -4.40. The average Bonchev–Trinajstić information content (AvgIpc) is 2.53. The van der Waals surface area contributed by atoms with Crippen LogP contribution in [0.2, 0.25) is 0 Å². The number of rotatable bonds is 5. The van der Waals surface area contributed by atoms with Gasteiger partial charge in [-0.3, -0.25) is 4.79 Å². The van der Waals surface area contributed by atoms with E-state index in [1.807, 2.05) is 29.6 Å². The summed E-state index contributed by atoms with van der Waals surface area (Å²) in [5.41, 5.74) is 1.84. The molecule has 1 aliphatic rings. The molecule has 7 heteroatoms. The highest BCUT2D eigenvalue weighted by Crippen LogP contribution is 2.22. The van der Waals surface area contributed by atoms with Crippen molar-refractivity contribution < 1.29 is 18.0 Å². The van der Waals surface area contributed by atoms with Gasteiger partial charge in [-0.2, -0.15) is 13.2 Å². The highest BCUT2D eigenvalue weighted by Gasteiger charge is 2.28. The largest absolute Gasteiger partial charge is 0.405 e. The zero-order valence-corrected chi connectivity index (χ0v) is 13.1. The molecule has 128 valence electrons. The Morgan fingerprint density at radius 1 is 1.17 bits per heavy atom. The molecule has 1 saturated heterocycles. The van der Waals surface area contributed by atoms with Crippen LogP contribution >= 0.6 is 0 Å². The zero-order chi connectivity index (χ0) is 16.9. The molecule has 1 aromatic rings. The zero-order valence-electron chi connectivity index (χ0n) is 13.1. The van der Waals surface area contributed by atoms with Gasteiger partial charge in [0.2, 0.25) is 5.91 Å². The van der Waals surface area contributed by atoms with Crippen molar-refractivity contribution in [3.63, 3.8) is 0 Å². The summed E-state index contributed by atoms with van der Waals surface area (Å²) < 4.78 is 36.3. The first-order valence-electron chi connectivity index (χ1n) is 7.81. The van der Waals surface area contributed by atoms with Gasteiger partial charge < -0.3 is 15.5 Å². The molecule has 0 spiro atoms. The lowest BCUT2D eigenvalue weighted by molar-refractivity contribution is -0.138. The first kappa shape index (κ1) is 17.4. The van der Waals surface area contributed by atoms with Crippen LogP contribution in [0.5, 0.6) is 0 Å². The Hall–Kier alpha value is -1.92. The Kier molecular flexibility index (Phi) is 5.74. The number of carbonyl (C=O) groups excluding carboxylic acids is 1. The molecular formula is C16H22F3N3O. The molecule has 1 aromatic carbocycles. The van der Waals surface area contributed by atoms with E-state index in [0.717, 1.165) is 18.8 Å². The standard InChI is InChI=1S/C16H22F3N3O/c1-12(15(23)20-11-16(17,18)19)21-13-5-7-14(8-6-13)22-9-3-2-4-10-22/h5-8,12,21H,2-4,9-11H2,1H3,(H,20,23). The third kappa shape index (κ3) is 5.65. The van der Waals surface area contributed by atoms with Crippen LogP contribution in [-0.2, 0) is 4.79 Å². The van der Waals surface area contributed by atoms with Crippen molar-refractivity contribution in [2.75, 3.05) is 29.9 Å². The molecular weight excluding hydrogens is 307 g/mol. The Balaban J connectivity index is 1.86. The van der Waals surface area contributed by atoms with Gasteiger partial charge in [-0.25, -0.2) is 0 Å². The highest BCUT2D eigenvalue weighted by atomic mass is 19.4. The number of halogens is 3. The molecule has 0 bridgehead atoms. The van der Waals surface area contributed by atoms with Gasteiger partial charge in [0.05, 0.1) is 0 Å². The van der Waals surface area contributed by atoms with Crippen LogP contribution in [0, 0.1) is 0 Å². The van der Waals surface area contributed by atoms with E-state index in [-0.39, 0.29) is 0 Å². The van der Waals surface area contributed by atoms with Crippen molar-refractivity contribution in [3.8, 4) is 0 Å². The minimum absolute atomic E-state index is 0.678. The van der Waals surface area contributed by atoms with Gasteiger partial charge in [0.1, 0.15) is 12.6 Å². The number of amides is 1. The molecule has 2 N–H and O–H groups in total. The summed E-state index contributed by atoms with van der Waals surface area (Å²) in [7, 11) is 0. The second-order valence-electron chi connectivity index (χ2n) is 5.79. The number of alkyl halides is 3. The normalized spacial score (nSPS) is 16.8. The van der Waals surface area contributed by atoms with Gasteiger partial charge in [0.15, 0.2) is 0 Å². The first-order valence-corrected chi connectivity index (χ1v) is 7.81. The monoisotopic (exact) mass is 329 g/mol. The smallest absolute Gasteiger partial charge is 0.374 e. The van der Waals surface area contributed by atoms with Crippen LogP contribution in [0.3, 0.4) is 0 Å². The van der Waals surface area contributed by atoms with Crippen LogP contribution in [0.25, 0.3) is 0 Å². The fourth-order valence-electron chi connectivity index (χ4n) is 2.58. The Bertz CT molecular complexity index is 510. The van der Waals surface area contributed by atoms with Crippen molar-refractivity contribution in [1.82, 2.24) is 5.32 Å². The molecule has 0 saturated carbocycles. The molecule has 1 fully saturated rings. The maximum Gasteiger partial charge on any atom is 0.405 e. The molecule has 0 aromatic heterocycles. The summed E-state index contributed by atoms with van der Waals surface area (Å²) in [5, 5.41) is 4.78. The molecule has 0 radical (unpaired) electrons. The van der Waals surface area contributed by atoms with Crippen molar-refractivity contribution in [2.45, 2.75) is 38.4 Å². The number of nitrogens with zero attached hydrogens (tertiary/aromatic N) is 1. The number of benzene rings is 1. The van der Waals surface area contributed by atoms with E-state index in [2.05, 4.69) is 10.2 Å². The Labute approximate surface area is 134 Å². The molecule has 23 heavy (non-hydrogen) atoms. The van der Waals surface area contributed by atoms with Crippen molar-refractivity contribution in [1.29, 1.82) is 0 Å². The van der Waals surface area contributed by atoms with E-state index in [1.165, 1.54) is 26.2 Å². The topological polar surface area (TPSA) is 44.4 Å². The molecule has 1 aliphatic heterocycles. The summed E-state index contributed by atoms with van der Waals surface area (Å²) in [6.45, 7) is 2.31. The van der Waals surface area contributed by atoms with Crippen LogP contribution in [-0.4, -0.2) is 37.8 Å². The molecule has 1 heterocycles. The Morgan fingerprint density at radius 2 is 1.78 bits per heavy atom. The molecule has 1 amide bonds. The van der Waals surface area contributed by atoms with Crippen LogP contribution < -0.4 is 15.5 Å². The average molecular weight is 329 g/mol. The minimum Gasteiger partial charge on any atom is -0.374 e. The van der Waals surface area contributed by atoms with Gasteiger partial charge in [-0.1, -0.05) is 0 Å². The summed E-state index contributed by atoms with van der Waals surface area (Å²) in [4.78, 5) is 13.9. The number of carbonyl (C=O) groups is 1. The molecule has 1 atom stereocenters. The van der Waals surface area contributed by atoms with Crippen LogP contribution in [0.15, 0.2) is 24.3 Å². The third-order valence-corrected chi connectivity index (χ3v) is 3.83. The second-order valence-corrected chi connectivity index (χ2v) is 5.79. The summed E-state index contributed by atoms with van der Waals surface area (Å²) in [5.74, 6) is -0.678. The number of hydrogen-bond acceptors (Lipinski definition) is 3. The van der Waals surface area contributed by atoms with Crippen molar-refractivity contribution in [2.24, 2.45) is 0 Å². The van der Waals surface area contributed by atoms with E-state index in [9.17, 15) is 18.0 Å². The summed E-state index contributed by atoms with van der Waals surface area (Å²) >= 11 is 0. The second kappa shape index (κ2) is 7.57. The lowest BCUT2D eigenvalue weighted by Crippen LogP contribution is -2.42.